The van der Waals surface area contributed by atoms with E-state index in [0.717, 1.165) is 21.3 Å². The Labute approximate surface area is 219 Å². The van der Waals surface area contributed by atoms with Crippen molar-refractivity contribution in [2.45, 2.75) is 30.5 Å². The van der Waals surface area contributed by atoms with Gasteiger partial charge in [0.25, 0.3) is 10.0 Å². The average Bonchev–Trinajstić information content (AvgIpc) is 3.60. The van der Waals surface area contributed by atoms with E-state index >= 15 is 0 Å². The Bertz CT molecular complexity index is 1460. The Balaban J connectivity index is 1.42. The van der Waals surface area contributed by atoms with Crippen LogP contribution in [-0.4, -0.2) is 43.8 Å². The molecule has 0 aliphatic carbocycles. The summed E-state index contributed by atoms with van der Waals surface area (Å²) in [5.74, 6) is 0.374. The second-order valence-corrected chi connectivity index (χ2v) is 12.9. The fraction of sp³-hybridized carbons (Fsp3) is 0.308. The number of aryl methyl sites for hydroxylation is 1. The number of piperidine rings is 1. The van der Waals surface area contributed by atoms with E-state index in [1.807, 2.05) is 49.4 Å². The minimum atomic E-state index is -3.52. The minimum Gasteiger partial charge on any atom is -0.494 e. The zero-order valence-corrected chi connectivity index (χ0v) is 22.5. The van der Waals surface area contributed by atoms with Gasteiger partial charge in [-0.1, -0.05) is 53.8 Å². The fourth-order valence-corrected chi connectivity index (χ4v) is 8.16. The van der Waals surface area contributed by atoms with Gasteiger partial charge in [-0.3, -0.25) is 9.69 Å². The molecule has 0 N–H and O–H groups in total. The molecule has 1 aliphatic rings. The molecule has 7 nitrogen and oxygen atoms in total. The lowest BCUT2D eigenvalue weighted by atomic mass is 9.96. The first kappa shape index (κ1) is 24.9. The van der Waals surface area contributed by atoms with E-state index in [0.29, 0.717) is 47.6 Å². The van der Waals surface area contributed by atoms with Crippen LogP contribution in [0.1, 0.15) is 24.0 Å². The number of hydrogen-bond acceptors (Lipinski definition) is 7. The predicted molar refractivity (Wildman–Crippen MR) is 144 cm³/mol. The molecule has 0 spiro atoms. The van der Waals surface area contributed by atoms with Gasteiger partial charge in [0.05, 0.1) is 18.4 Å². The van der Waals surface area contributed by atoms with Crippen LogP contribution in [0, 0.1) is 12.8 Å². The van der Waals surface area contributed by atoms with Gasteiger partial charge in [-0.2, -0.15) is 4.31 Å². The maximum Gasteiger partial charge on any atom is 0.252 e. The minimum absolute atomic E-state index is 0.0253. The molecule has 3 heterocycles. The Hall–Kier alpha value is -2.79. The van der Waals surface area contributed by atoms with E-state index in [4.69, 9.17) is 9.72 Å². The van der Waals surface area contributed by atoms with Crippen LogP contribution >= 0.6 is 22.7 Å². The molecule has 4 aromatic rings. The third-order valence-corrected chi connectivity index (χ3v) is 11.0. The van der Waals surface area contributed by atoms with Gasteiger partial charge in [0.2, 0.25) is 5.91 Å². The number of ether oxygens (including phenoxy) is 1. The maximum absolute atomic E-state index is 13.9. The second kappa shape index (κ2) is 10.3. The van der Waals surface area contributed by atoms with Gasteiger partial charge in [-0.25, -0.2) is 13.4 Å². The number of methoxy groups -OCH3 is 1. The predicted octanol–water partition coefficient (Wildman–Crippen LogP) is 5.31. The first-order valence-electron chi connectivity index (χ1n) is 11.7. The number of sulfonamides is 1. The van der Waals surface area contributed by atoms with E-state index in [1.165, 1.54) is 27.0 Å². The zero-order valence-electron chi connectivity index (χ0n) is 20.1. The van der Waals surface area contributed by atoms with Crippen molar-refractivity contribution in [3.8, 4) is 5.75 Å². The molecule has 0 atom stereocenters. The van der Waals surface area contributed by atoms with Crippen molar-refractivity contribution >= 4 is 54.0 Å². The van der Waals surface area contributed by atoms with Crippen molar-refractivity contribution < 1.29 is 17.9 Å². The molecule has 1 saturated heterocycles. The summed E-state index contributed by atoms with van der Waals surface area (Å²) >= 11 is 2.70. The summed E-state index contributed by atoms with van der Waals surface area (Å²) in [4.78, 5) is 20.5. The summed E-state index contributed by atoms with van der Waals surface area (Å²) in [6, 6.07) is 17.1. The highest BCUT2D eigenvalue weighted by molar-refractivity contribution is 7.91. The summed E-state index contributed by atoms with van der Waals surface area (Å²) in [5.41, 5.74) is 2.83. The molecule has 1 aliphatic heterocycles. The van der Waals surface area contributed by atoms with Gasteiger partial charge >= 0.3 is 0 Å². The summed E-state index contributed by atoms with van der Waals surface area (Å²) in [5, 5.41) is 2.39. The highest BCUT2D eigenvalue weighted by atomic mass is 32.2. The average molecular weight is 542 g/mol. The monoisotopic (exact) mass is 541 g/mol. The number of anilines is 1. The molecule has 0 bridgehead atoms. The molecule has 1 amide bonds. The van der Waals surface area contributed by atoms with Crippen molar-refractivity contribution in [1.82, 2.24) is 9.29 Å². The van der Waals surface area contributed by atoms with Crippen LogP contribution in [0.15, 0.2) is 64.2 Å². The smallest absolute Gasteiger partial charge is 0.252 e. The number of amides is 1. The van der Waals surface area contributed by atoms with Gasteiger partial charge in [0.15, 0.2) is 5.13 Å². The molecular weight excluding hydrogens is 515 g/mol. The van der Waals surface area contributed by atoms with Crippen LogP contribution in [0.4, 0.5) is 5.13 Å². The largest absolute Gasteiger partial charge is 0.494 e. The number of aromatic nitrogens is 1. The summed E-state index contributed by atoms with van der Waals surface area (Å²) < 4.78 is 34.2. The summed E-state index contributed by atoms with van der Waals surface area (Å²) in [6.45, 7) is 3.07. The summed E-state index contributed by atoms with van der Waals surface area (Å²) in [7, 11) is -1.90. The molecule has 36 heavy (non-hydrogen) atoms. The molecule has 1 fully saturated rings. The van der Waals surface area contributed by atoms with Crippen molar-refractivity contribution in [1.29, 1.82) is 0 Å². The first-order chi connectivity index (χ1) is 17.4. The van der Waals surface area contributed by atoms with Gasteiger partial charge in [-0.15, -0.1) is 11.3 Å². The number of carbonyl (C=O) groups is 1. The lowest BCUT2D eigenvalue weighted by molar-refractivity contribution is -0.123. The van der Waals surface area contributed by atoms with E-state index < -0.39 is 10.0 Å². The number of rotatable bonds is 7. The molecule has 0 unspecified atom stereocenters. The standard InChI is InChI=1S/C26H27N3O4S3/c1-18-10-11-21(33-2)23-24(18)35-26(27-23)29(17-19-7-4-3-5-8-19)25(30)20-12-14-28(15-13-20)36(31,32)22-9-6-16-34-22/h3-11,16,20H,12-15,17H2,1-2H3. The topological polar surface area (TPSA) is 79.8 Å². The number of thiazole rings is 1. The quantitative estimate of drug-likeness (QED) is 0.317. The number of hydrogen-bond donors (Lipinski definition) is 0. The fourth-order valence-electron chi connectivity index (χ4n) is 4.49. The maximum atomic E-state index is 13.9. The van der Waals surface area contributed by atoms with Crippen LogP contribution in [0.5, 0.6) is 5.75 Å². The number of benzene rings is 2. The Kier molecular flexibility index (Phi) is 7.11. The van der Waals surface area contributed by atoms with Crippen LogP contribution in [0.3, 0.4) is 0 Å². The molecule has 188 valence electrons. The van der Waals surface area contributed by atoms with Crippen molar-refractivity contribution in [2.24, 2.45) is 5.92 Å². The van der Waals surface area contributed by atoms with Gasteiger partial charge in [-0.05, 0) is 48.4 Å². The molecule has 2 aromatic carbocycles. The van der Waals surface area contributed by atoms with E-state index in [1.54, 1.807) is 29.5 Å². The van der Waals surface area contributed by atoms with Crippen molar-refractivity contribution in [3.63, 3.8) is 0 Å². The summed E-state index contributed by atoms with van der Waals surface area (Å²) in [6.07, 6.45) is 0.948. The molecular formula is C26H27N3O4S3. The van der Waals surface area contributed by atoms with E-state index in [2.05, 4.69) is 0 Å². The highest BCUT2D eigenvalue weighted by Gasteiger charge is 2.35. The van der Waals surface area contributed by atoms with E-state index in [-0.39, 0.29) is 11.8 Å². The molecule has 0 saturated carbocycles. The third-order valence-electron chi connectivity index (χ3n) is 6.48. The third kappa shape index (κ3) is 4.78. The first-order valence-corrected chi connectivity index (χ1v) is 14.8. The molecule has 10 heteroatoms. The Morgan fingerprint density at radius 2 is 1.86 bits per heavy atom. The van der Waals surface area contributed by atoms with Gasteiger partial charge < -0.3 is 4.74 Å². The van der Waals surface area contributed by atoms with Crippen LogP contribution in [0.25, 0.3) is 10.2 Å². The van der Waals surface area contributed by atoms with Gasteiger partial charge in [0.1, 0.15) is 15.5 Å². The number of carbonyl (C=O) groups excluding carboxylic acids is 1. The van der Waals surface area contributed by atoms with Crippen LogP contribution in [-0.2, 0) is 21.4 Å². The normalized spacial score (nSPS) is 15.3. The zero-order chi connectivity index (χ0) is 25.3. The molecule has 2 aromatic heterocycles. The van der Waals surface area contributed by atoms with E-state index in [9.17, 15) is 13.2 Å². The highest BCUT2D eigenvalue weighted by Crippen LogP contribution is 2.38. The second-order valence-electron chi connectivity index (χ2n) is 8.78. The number of thiophene rings is 1. The SMILES string of the molecule is COc1ccc(C)c2sc(N(Cc3ccccc3)C(=O)C3CCN(S(=O)(=O)c4cccs4)CC3)nc12. The van der Waals surface area contributed by atoms with Crippen LogP contribution in [0.2, 0.25) is 0 Å². The number of fused-ring (bicyclic) bond motifs is 1. The Morgan fingerprint density at radius 1 is 1.11 bits per heavy atom. The molecule has 0 radical (unpaired) electrons. The Morgan fingerprint density at radius 3 is 2.53 bits per heavy atom. The van der Waals surface area contributed by atoms with Crippen LogP contribution < -0.4 is 9.64 Å². The van der Waals surface area contributed by atoms with Crippen molar-refractivity contribution in [3.05, 3.63) is 71.1 Å². The lowest BCUT2D eigenvalue weighted by Gasteiger charge is -2.32. The lowest BCUT2D eigenvalue weighted by Crippen LogP contribution is -2.44. The number of nitrogens with zero attached hydrogens (tertiary/aromatic N) is 3. The van der Waals surface area contributed by atoms with Gasteiger partial charge in [0, 0.05) is 19.0 Å². The van der Waals surface area contributed by atoms with Crippen molar-refractivity contribution in [2.75, 3.05) is 25.1 Å². The molecule has 5 rings (SSSR count).